The van der Waals surface area contributed by atoms with Crippen molar-refractivity contribution < 1.29 is 64.7 Å². The van der Waals surface area contributed by atoms with E-state index in [2.05, 4.69) is 0 Å². The summed E-state index contributed by atoms with van der Waals surface area (Å²) < 4.78 is 0. The summed E-state index contributed by atoms with van der Waals surface area (Å²) in [6, 6.07) is 3.06. The van der Waals surface area contributed by atoms with Gasteiger partial charge in [-0.1, -0.05) is 12.1 Å². The van der Waals surface area contributed by atoms with Gasteiger partial charge in [-0.15, -0.1) is 5.75 Å². The Bertz CT molecular complexity index is 447. The molecule has 0 aliphatic heterocycles. The summed E-state index contributed by atoms with van der Waals surface area (Å²) in [5.41, 5.74) is -0.332. The van der Waals surface area contributed by atoms with Crippen molar-refractivity contribution in [1.29, 1.82) is 0 Å². The van der Waals surface area contributed by atoms with Crippen molar-refractivity contribution in [2.45, 2.75) is 0 Å². The molecule has 8 heteroatoms. The maximum atomic E-state index is 11.1. The standard InChI is InChI=1S/C9H7NO5.2Ag/c11-8-3-2-7(10(14)15)5-6(8)1-4-9(12)13;;/h1-5,11H,(H,12,13);;/q;2*+1/p-2/b4-1+;;. The fraction of sp³-hybridized carbons (Fsp3) is 0. The van der Waals surface area contributed by atoms with E-state index in [0.717, 1.165) is 24.3 Å². The number of carboxylic acid groups (broad SMARTS) is 1. The summed E-state index contributed by atoms with van der Waals surface area (Å²) in [4.78, 5) is 19.8. The summed E-state index contributed by atoms with van der Waals surface area (Å²) in [7, 11) is 0. The number of nitro groups is 1. The topological polar surface area (TPSA) is 106 Å². The Kier molecular flexibility index (Phi) is 8.95. The van der Waals surface area contributed by atoms with Gasteiger partial charge in [-0.3, -0.25) is 10.1 Å². The summed E-state index contributed by atoms with van der Waals surface area (Å²) in [5, 5.41) is 31.5. The van der Waals surface area contributed by atoms with Crippen molar-refractivity contribution in [2.75, 3.05) is 0 Å². The SMILES string of the molecule is O=C([O-])/C=C/c1cc([N+](=O)[O-])ccc1[O-].[Ag+].[Ag+]. The molecule has 0 saturated carbocycles. The number of carboxylic acids is 1. The number of non-ortho nitro benzene ring substituents is 1. The maximum absolute atomic E-state index is 11.1. The van der Waals surface area contributed by atoms with Crippen LogP contribution in [0, 0.1) is 10.1 Å². The number of carbonyl (C=O) groups excluding carboxylic acids is 1. The van der Waals surface area contributed by atoms with Crippen LogP contribution in [0.5, 0.6) is 5.75 Å². The molecule has 0 heterocycles. The van der Waals surface area contributed by atoms with Crippen LogP contribution in [0.15, 0.2) is 24.3 Å². The van der Waals surface area contributed by atoms with Gasteiger partial charge in [0.25, 0.3) is 5.69 Å². The molecular formula is C9H5Ag2NO5. The number of carbonyl (C=O) groups is 1. The minimum Gasteiger partial charge on any atom is -0.872 e. The quantitative estimate of drug-likeness (QED) is 0.280. The first-order valence-corrected chi connectivity index (χ1v) is 3.85. The molecule has 0 fully saturated rings. The minimum atomic E-state index is -1.47. The van der Waals surface area contributed by atoms with Crippen molar-refractivity contribution in [1.82, 2.24) is 0 Å². The molecule has 0 amide bonds. The van der Waals surface area contributed by atoms with E-state index >= 15 is 0 Å². The van der Waals surface area contributed by atoms with E-state index in [1.165, 1.54) is 0 Å². The van der Waals surface area contributed by atoms with E-state index in [1.54, 1.807) is 0 Å². The van der Waals surface area contributed by atoms with E-state index in [0.29, 0.717) is 6.08 Å². The smallest absolute Gasteiger partial charge is 0.872 e. The first-order valence-electron chi connectivity index (χ1n) is 3.85. The third-order valence-corrected chi connectivity index (χ3v) is 1.60. The molecule has 0 bridgehead atoms. The van der Waals surface area contributed by atoms with Gasteiger partial charge < -0.3 is 15.0 Å². The van der Waals surface area contributed by atoms with Crippen LogP contribution in [0.4, 0.5) is 5.69 Å². The Labute approximate surface area is 128 Å². The second-order valence-electron chi connectivity index (χ2n) is 2.63. The zero-order valence-corrected chi connectivity index (χ0v) is 10.9. The van der Waals surface area contributed by atoms with Gasteiger partial charge in [-0.25, -0.2) is 0 Å². The van der Waals surface area contributed by atoms with Gasteiger partial charge in [0.1, 0.15) is 0 Å². The Hall–Kier alpha value is -0.889. The molecule has 17 heavy (non-hydrogen) atoms. The average molecular weight is 423 g/mol. The van der Waals surface area contributed by atoms with Crippen LogP contribution in [0.2, 0.25) is 0 Å². The fourth-order valence-electron chi connectivity index (χ4n) is 0.937. The van der Waals surface area contributed by atoms with E-state index < -0.39 is 16.6 Å². The Balaban J connectivity index is 0. The predicted octanol–water partition coefficient (Wildman–Crippen LogP) is -0.574. The zero-order chi connectivity index (χ0) is 11.4. The third-order valence-electron chi connectivity index (χ3n) is 1.60. The van der Waals surface area contributed by atoms with Crippen molar-refractivity contribution >= 4 is 17.7 Å². The van der Waals surface area contributed by atoms with Gasteiger partial charge in [0, 0.05) is 12.1 Å². The molecule has 0 aliphatic carbocycles. The predicted molar refractivity (Wildman–Crippen MR) is 46.6 cm³/mol. The number of rotatable bonds is 3. The van der Waals surface area contributed by atoms with Gasteiger partial charge in [-0.2, -0.15) is 0 Å². The van der Waals surface area contributed by atoms with Crippen molar-refractivity contribution in [3.63, 3.8) is 0 Å². The average Bonchev–Trinajstić information content (AvgIpc) is 2.16. The summed E-state index contributed by atoms with van der Waals surface area (Å²) >= 11 is 0. The molecule has 0 spiro atoms. The zero-order valence-electron chi connectivity index (χ0n) is 7.98. The maximum Gasteiger partial charge on any atom is 1.00 e. The molecule has 0 atom stereocenters. The van der Waals surface area contributed by atoms with Crippen LogP contribution in [0.1, 0.15) is 5.56 Å². The number of nitrogens with zero attached hydrogens (tertiary/aromatic N) is 1. The van der Waals surface area contributed by atoms with E-state index in [1.807, 2.05) is 0 Å². The van der Waals surface area contributed by atoms with Crippen LogP contribution in [0.25, 0.3) is 6.08 Å². The number of nitro benzene ring substituents is 1. The number of hydrogen-bond acceptors (Lipinski definition) is 5. The Morgan fingerprint density at radius 2 is 1.88 bits per heavy atom. The van der Waals surface area contributed by atoms with Crippen LogP contribution < -0.4 is 10.2 Å². The van der Waals surface area contributed by atoms with Crippen molar-refractivity contribution in [3.8, 4) is 5.75 Å². The molecular weight excluding hydrogens is 418 g/mol. The molecule has 1 aromatic carbocycles. The first-order chi connectivity index (χ1) is 7.00. The van der Waals surface area contributed by atoms with Gasteiger partial charge in [0.2, 0.25) is 0 Å². The number of benzene rings is 1. The van der Waals surface area contributed by atoms with E-state index in [9.17, 15) is 25.1 Å². The van der Waals surface area contributed by atoms with Crippen LogP contribution >= 0.6 is 0 Å². The second-order valence-corrected chi connectivity index (χ2v) is 2.63. The molecule has 0 N–H and O–H groups in total. The normalized spacial score (nSPS) is 9.18. The molecule has 0 aliphatic rings. The van der Waals surface area contributed by atoms with Gasteiger partial charge >= 0.3 is 44.8 Å². The molecule has 1 aromatic rings. The second kappa shape index (κ2) is 8.24. The Morgan fingerprint density at radius 3 is 2.35 bits per heavy atom. The molecule has 98 valence electrons. The summed E-state index contributed by atoms with van der Waals surface area (Å²) in [6.45, 7) is 0. The molecule has 0 aromatic heterocycles. The number of hydrogen-bond donors (Lipinski definition) is 0. The van der Waals surface area contributed by atoms with Crippen molar-refractivity contribution in [2.24, 2.45) is 0 Å². The molecule has 0 radical (unpaired) electrons. The first kappa shape index (κ1) is 18.5. The molecule has 6 nitrogen and oxygen atoms in total. The van der Waals surface area contributed by atoms with Crippen LogP contribution in [0.3, 0.4) is 0 Å². The molecule has 1 rings (SSSR count). The Morgan fingerprint density at radius 1 is 1.29 bits per heavy atom. The minimum absolute atomic E-state index is 0. The van der Waals surface area contributed by atoms with E-state index in [-0.39, 0.29) is 56.0 Å². The molecule has 0 unspecified atom stereocenters. The van der Waals surface area contributed by atoms with Gasteiger partial charge in [-0.05, 0) is 11.6 Å². The van der Waals surface area contributed by atoms with E-state index in [4.69, 9.17) is 0 Å². The third kappa shape index (κ3) is 5.83. The van der Waals surface area contributed by atoms with Crippen molar-refractivity contribution in [3.05, 3.63) is 40.0 Å². The number of aliphatic carboxylic acids is 1. The van der Waals surface area contributed by atoms with Crippen LogP contribution in [-0.4, -0.2) is 10.9 Å². The van der Waals surface area contributed by atoms with Gasteiger partial charge in [0.05, 0.1) is 10.9 Å². The fourth-order valence-corrected chi connectivity index (χ4v) is 0.937. The molecule has 0 saturated heterocycles. The monoisotopic (exact) mass is 421 g/mol. The summed E-state index contributed by atoms with van der Waals surface area (Å²) in [6.07, 6.45) is 1.60. The largest absolute Gasteiger partial charge is 1.00 e. The van der Waals surface area contributed by atoms with Crippen LogP contribution in [-0.2, 0) is 49.6 Å². The summed E-state index contributed by atoms with van der Waals surface area (Å²) in [5.74, 6) is -1.96. The van der Waals surface area contributed by atoms with Gasteiger partial charge in [0.15, 0.2) is 0 Å².